The molecule has 0 amide bonds. The SMILES string of the molecule is CC(=O)S[CH]Br. The van der Waals surface area contributed by atoms with Gasteiger partial charge in [0.15, 0.2) is 5.12 Å². The molecule has 1 radical (unpaired) electrons. The third-order valence-electron chi connectivity index (χ3n) is 0.211. The van der Waals surface area contributed by atoms with E-state index in [-0.39, 0.29) is 5.12 Å². The minimum absolute atomic E-state index is 0.104. The zero-order valence-electron chi connectivity index (χ0n) is 3.27. The fourth-order valence-electron chi connectivity index (χ4n) is 0.0627. The molecule has 0 N–H and O–H groups in total. The summed E-state index contributed by atoms with van der Waals surface area (Å²) in [5, 5.41) is 0.104. The van der Waals surface area contributed by atoms with Crippen molar-refractivity contribution in [1.82, 2.24) is 0 Å². The van der Waals surface area contributed by atoms with Crippen molar-refractivity contribution in [3.63, 3.8) is 0 Å². The fourth-order valence-corrected chi connectivity index (χ4v) is 0.978. The summed E-state index contributed by atoms with van der Waals surface area (Å²) in [6.45, 7) is 1.52. The number of rotatable bonds is 1. The predicted molar refractivity (Wildman–Crippen MR) is 31.5 cm³/mol. The van der Waals surface area contributed by atoms with Gasteiger partial charge in [0.05, 0.1) is 4.66 Å². The topological polar surface area (TPSA) is 17.1 Å². The molecule has 0 saturated heterocycles. The Morgan fingerprint density at radius 2 is 2.50 bits per heavy atom. The number of halogens is 1. The van der Waals surface area contributed by atoms with Gasteiger partial charge in [-0.05, 0) is 0 Å². The minimum atomic E-state index is 0.104. The first-order valence-corrected chi connectivity index (χ1v) is 3.16. The lowest BCUT2D eigenvalue weighted by Crippen LogP contribution is -1.73. The van der Waals surface area contributed by atoms with Crippen LogP contribution in [0.15, 0.2) is 0 Å². The highest BCUT2D eigenvalue weighted by molar-refractivity contribution is 9.12. The van der Waals surface area contributed by atoms with Gasteiger partial charge in [-0.3, -0.25) is 4.79 Å². The predicted octanol–water partition coefficient (Wildman–Crippen LogP) is 1.78. The van der Waals surface area contributed by atoms with Crippen LogP contribution < -0.4 is 0 Å². The number of carbonyl (C=O) groups excluding carboxylic acids is 1. The van der Waals surface area contributed by atoms with Gasteiger partial charge in [0, 0.05) is 6.92 Å². The van der Waals surface area contributed by atoms with Gasteiger partial charge in [-0.15, -0.1) is 0 Å². The molecule has 0 saturated carbocycles. The molecule has 6 heavy (non-hydrogen) atoms. The van der Waals surface area contributed by atoms with E-state index in [9.17, 15) is 4.79 Å². The summed E-state index contributed by atoms with van der Waals surface area (Å²) in [7, 11) is 0. The van der Waals surface area contributed by atoms with Crippen LogP contribution in [0.4, 0.5) is 0 Å². The fraction of sp³-hybridized carbons (Fsp3) is 0.333. The highest BCUT2D eigenvalue weighted by Gasteiger charge is 1.86. The largest absolute Gasteiger partial charge is 0.288 e. The first-order valence-electron chi connectivity index (χ1n) is 1.36. The third-order valence-corrected chi connectivity index (χ3v) is 1.19. The van der Waals surface area contributed by atoms with Crippen LogP contribution in [-0.4, -0.2) is 5.12 Å². The van der Waals surface area contributed by atoms with Crippen LogP contribution in [-0.2, 0) is 4.79 Å². The summed E-state index contributed by atoms with van der Waals surface area (Å²) in [5.41, 5.74) is 0. The van der Waals surface area contributed by atoms with Crippen LogP contribution in [0.25, 0.3) is 0 Å². The molecule has 3 heteroatoms. The van der Waals surface area contributed by atoms with E-state index in [1.54, 1.807) is 4.66 Å². The van der Waals surface area contributed by atoms with Crippen molar-refractivity contribution in [3.8, 4) is 0 Å². The van der Waals surface area contributed by atoms with Crippen LogP contribution in [0, 0.1) is 4.66 Å². The van der Waals surface area contributed by atoms with Crippen molar-refractivity contribution in [3.05, 3.63) is 4.66 Å². The highest BCUT2D eigenvalue weighted by Crippen LogP contribution is 2.09. The van der Waals surface area contributed by atoms with E-state index in [4.69, 9.17) is 0 Å². The summed E-state index contributed by atoms with van der Waals surface area (Å²) < 4.78 is 1.58. The molecule has 0 fully saturated rings. The smallest absolute Gasteiger partial charge is 0.187 e. The average molecular weight is 168 g/mol. The second-order valence-corrected chi connectivity index (χ2v) is 2.81. The Labute approximate surface area is 49.6 Å². The van der Waals surface area contributed by atoms with E-state index < -0.39 is 0 Å². The lowest BCUT2D eigenvalue weighted by molar-refractivity contribution is -0.109. The molecule has 0 heterocycles. The van der Waals surface area contributed by atoms with Crippen LogP contribution >= 0.6 is 27.7 Å². The average Bonchev–Trinajstić information content (AvgIpc) is 1.35. The van der Waals surface area contributed by atoms with Crippen molar-refractivity contribution in [2.24, 2.45) is 0 Å². The summed E-state index contributed by atoms with van der Waals surface area (Å²) >= 11 is 4.11. The molecule has 0 rings (SSSR count). The maximum atomic E-state index is 9.95. The van der Waals surface area contributed by atoms with E-state index in [0.717, 1.165) is 11.8 Å². The third kappa shape index (κ3) is 4.50. The first kappa shape index (κ1) is 6.50. The zero-order chi connectivity index (χ0) is 4.99. The molecule has 0 bridgehead atoms. The molecule has 35 valence electrons. The Morgan fingerprint density at radius 3 is 2.50 bits per heavy atom. The molecule has 0 aromatic heterocycles. The van der Waals surface area contributed by atoms with Crippen molar-refractivity contribution in [1.29, 1.82) is 0 Å². The van der Waals surface area contributed by atoms with Crippen LogP contribution in [0.2, 0.25) is 0 Å². The van der Waals surface area contributed by atoms with Gasteiger partial charge in [-0.25, -0.2) is 0 Å². The number of hydrogen-bond donors (Lipinski definition) is 0. The number of thioether (sulfide) groups is 1. The van der Waals surface area contributed by atoms with Crippen LogP contribution in [0.3, 0.4) is 0 Å². The van der Waals surface area contributed by atoms with E-state index in [1.165, 1.54) is 6.92 Å². The van der Waals surface area contributed by atoms with Crippen molar-refractivity contribution < 1.29 is 4.79 Å². The normalized spacial score (nSPS) is 8.33. The molecule has 0 aromatic carbocycles. The quantitative estimate of drug-likeness (QED) is 0.593. The maximum absolute atomic E-state index is 9.95. The van der Waals surface area contributed by atoms with E-state index in [2.05, 4.69) is 15.9 Å². The van der Waals surface area contributed by atoms with Crippen molar-refractivity contribution in [2.45, 2.75) is 6.92 Å². The molecule has 1 nitrogen and oxygen atoms in total. The van der Waals surface area contributed by atoms with Gasteiger partial charge in [0.1, 0.15) is 0 Å². The molecule has 0 atom stereocenters. The maximum Gasteiger partial charge on any atom is 0.187 e. The molecule has 0 aliphatic heterocycles. The number of carbonyl (C=O) groups is 1. The standard InChI is InChI=1S/C3H4BrOS/c1-3(5)6-2-4/h2H,1H3. The summed E-state index contributed by atoms with van der Waals surface area (Å²) in [6.07, 6.45) is 0. The van der Waals surface area contributed by atoms with Gasteiger partial charge in [0.25, 0.3) is 0 Å². The van der Waals surface area contributed by atoms with E-state index in [0.29, 0.717) is 0 Å². The second-order valence-electron chi connectivity index (χ2n) is 0.699. The van der Waals surface area contributed by atoms with Crippen molar-refractivity contribution >= 4 is 32.8 Å². The molecule has 0 aliphatic rings. The summed E-state index contributed by atoms with van der Waals surface area (Å²) in [4.78, 5) is 9.95. The zero-order valence-corrected chi connectivity index (χ0v) is 5.67. The lowest BCUT2D eigenvalue weighted by atomic mass is 10.9. The molecule has 0 aromatic rings. The number of hydrogen-bond acceptors (Lipinski definition) is 2. The Morgan fingerprint density at radius 1 is 2.00 bits per heavy atom. The lowest BCUT2D eigenvalue weighted by Gasteiger charge is -1.78. The van der Waals surface area contributed by atoms with Gasteiger partial charge in [-0.2, -0.15) is 0 Å². The Hall–Kier alpha value is 0.500. The van der Waals surface area contributed by atoms with Crippen LogP contribution in [0.5, 0.6) is 0 Å². The van der Waals surface area contributed by atoms with Gasteiger partial charge >= 0.3 is 0 Å². The highest BCUT2D eigenvalue weighted by atomic mass is 79.9. The molecular weight excluding hydrogens is 164 g/mol. The Kier molecular flexibility index (Phi) is 3.99. The monoisotopic (exact) mass is 167 g/mol. The van der Waals surface area contributed by atoms with E-state index >= 15 is 0 Å². The van der Waals surface area contributed by atoms with Crippen molar-refractivity contribution in [2.75, 3.05) is 0 Å². The first-order chi connectivity index (χ1) is 2.77. The van der Waals surface area contributed by atoms with Crippen LogP contribution in [0.1, 0.15) is 6.92 Å². The minimum Gasteiger partial charge on any atom is -0.288 e. The molecule has 0 unspecified atom stereocenters. The summed E-state index contributed by atoms with van der Waals surface area (Å²) in [5.74, 6) is 0. The van der Waals surface area contributed by atoms with Gasteiger partial charge < -0.3 is 0 Å². The summed E-state index contributed by atoms with van der Waals surface area (Å²) in [6, 6.07) is 0. The Balaban J connectivity index is 2.83. The second kappa shape index (κ2) is 3.68. The van der Waals surface area contributed by atoms with Gasteiger partial charge in [-0.1, -0.05) is 27.7 Å². The Bertz CT molecular complexity index is 54.8. The van der Waals surface area contributed by atoms with Gasteiger partial charge in [0.2, 0.25) is 0 Å². The van der Waals surface area contributed by atoms with E-state index in [1.807, 2.05) is 0 Å². The molecule has 0 spiro atoms. The molecular formula is C3H4BrOS. The molecule has 0 aliphatic carbocycles.